The Bertz CT molecular complexity index is 651. The third kappa shape index (κ3) is 2.18. The van der Waals surface area contributed by atoms with Gasteiger partial charge >= 0.3 is 0 Å². The first-order valence-corrected chi connectivity index (χ1v) is 6.53. The number of benzene rings is 1. The van der Waals surface area contributed by atoms with E-state index < -0.39 is 0 Å². The highest BCUT2D eigenvalue weighted by Crippen LogP contribution is 2.32. The van der Waals surface area contributed by atoms with Gasteiger partial charge in [-0.05, 0) is 18.1 Å². The summed E-state index contributed by atoms with van der Waals surface area (Å²) in [5.41, 5.74) is 14.5. The SMILES string of the molecule is CN1c2c(N)nc(N)nc2C=CC1Cc1ccccc1. The summed E-state index contributed by atoms with van der Waals surface area (Å²) in [4.78, 5) is 10.4. The first-order valence-electron chi connectivity index (χ1n) is 6.53. The molecule has 0 bridgehead atoms. The summed E-state index contributed by atoms with van der Waals surface area (Å²) in [6.45, 7) is 0. The molecule has 2 aromatic rings. The molecular formula is C15H17N5. The van der Waals surface area contributed by atoms with Crippen molar-refractivity contribution >= 4 is 23.5 Å². The predicted octanol–water partition coefficient (Wildman–Crippen LogP) is 1.72. The van der Waals surface area contributed by atoms with E-state index in [1.165, 1.54) is 5.56 Å². The molecule has 1 aromatic heterocycles. The number of nitrogen functional groups attached to an aromatic ring is 2. The van der Waals surface area contributed by atoms with Gasteiger partial charge in [-0.2, -0.15) is 4.98 Å². The van der Waals surface area contributed by atoms with Crippen molar-refractivity contribution in [3.8, 4) is 0 Å². The van der Waals surface area contributed by atoms with Gasteiger partial charge in [-0.25, -0.2) is 4.98 Å². The number of aromatic nitrogens is 2. The highest BCUT2D eigenvalue weighted by atomic mass is 15.2. The molecule has 4 N–H and O–H groups in total. The van der Waals surface area contributed by atoms with Crippen LogP contribution in [0.3, 0.4) is 0 Å². The largest absolute Gasteiger partial charge is 0.382 e. The highest BCUT2D eigenvalue weighted by Gasteiger charge is 2.23. The van der Waals surface area contributed by atoms with Gasteiger partial charge in [0.1, 0.15) is 5.69 Å². The third-order valence-electron chi connectivity index (χ3n) is 3.57. The lowest BCUT2D eigenvalue weighted by molar-refractivity contribution is 0.735. The number of nitrogens with zero attached hydrogens (tertiary/aromatic N) is 3. The number of hydrogen-bond donors (Lipinski definition) is 2. The maximum Gasteiger partial charge on any atom is 0.222 e. The first kappa shape index (κ1) is 12.5. The number of fused-ring (bicyclic) bond motifs is 1. The minimum atomic E-state index is 0.209. The van der Waals surface area contributed by atoms with Crippen LogP contribution in [0.15, 0.2) is 36.4 Å². The van der Waals surface area contributed by atoms with Crippen LogP contribution in [0, 0.1) is 0 Å². The zero-order chi connectivity index (χ0) is 14.1. The van der Waals surface area contributed by atoms with Gasteiger partial charge in [0.2, 0.25) is 5.95 Å². The first-order chi connectivity index (χ1) is 9.65. The number of nitrogens with two attached hydrogens (primary N) is 2. The molecule has 0 fully saturated rings. The van der Waals surface area contributed by atoms with Crippen LogP contribution in [0.25, 0.3) is 6.08 Å². The molecule has 0 radical (unpaired) electrons. The van der Waals surface area contributed by atoms with Crippen LogP contribution in [0.1, 0.15) is 11.3 Å². The van der Waals surface area contributed by atoms with Gasteiger partial charge in [-0.15, -0.1) is 0 Å². The third-order valence-corrected chi connectivity index (χ3v) is 3.57. The van der Waals surface area contributed by atoms with Crippen molar-refractivity contribution < 1.29 is 0 Å². The van der Waals surface area contributed by atoms with Crippen LogP contribution in [-0.4, -0.2) is 23.1 Å². The number of rotatable bonds is 2. The van der Waals surface area contributed by atoms with Crippen molar-refractivity contribution in [2.24, 2.45) is 0 Å². The molecule has 102 valence electrons. The predicted molar refractivity (Wildman–Crippen MR) is 82.2 cm³/mol. The standard InChI is InChI=1S/C15H17N5/c1-20-11(9-10-5-3-2-4-6-10)7-8-12-13(20)14(16)19-15(17)18-12/h2-8,11H,9H2,1H3,(H4,16,17,18,19). The average Bonchev–Trinajstić information content (AvgIpc) is 2.42. The molecule has 1 atom stereocenters. The maximum atomic E-state index is 5.98. The highest BCUT2D eigenvalue weighted by molar-refractivity contribution is 5.78. The lowest BCUT2D eigenvalue weighted by Gasteiger charge is -2.32. The molecule has 5 heteroatoms. The molecule has 3 rings (SSSR count). The van der Waals surface area contributed by atoms with Crippen molar-refractivity contribution in [2.45, 2.75) is 12.5 Å². The smallest absolute Gasteiger partial charge is 0.222 e. The quantitative estimate of drug-likeness (QED) is 0.865. The minimum absolute atomic E-state index is 0.209. The Kier molecular flexibility index (Phi) is 3.02. The lowest BCUT2D eigenvalue weighted by Crippen LogP contribution is -2.35. The van der Waals surface area contributed by atoms with E-state index in [4.69, 9.17) is 11.5 Å². The van der Waals surface area contributed by atoms with Crippen molar-refractivity contribution in [2.75, 3.05) is 23.4 Å². The normalized spacial score (nSPS) is 17.1. The number of likely N-dealkylation sites (N-methyl/N-ethyl adjacent to an activating group) is 1. The van der Waals surface area contributed by atoms with E-state index in [0.29, 0.717) is 5.82 Å². The van der Waals surface area contributed by atoms with Crippen LogP contribution < -0.4 is 16.4 Å². The monoisotopic (exact) mass is 267 g/mol. The van der Waals surface area contributed by atoms with Gasteiger partial charge in [0.25, 0.3) is 0 Å². The molecular weight excluding hydrogens is 250 g/mol. The molecule has 1 aliphatic rings. The molecule has 0 amide bonds. The van der Waals surface area contributed by atoms with Gasteiger partial charge in [-0.3, -0.25) is 0 Å². The Hall–Kier alpha value is -2.56. The van der Waals surface area contributed by atoms with Gasteiger partial charge in [0.05, 0.1) is 11.7 Å². The summed E-state index contributed by atoms with van der Waals surface area (Å²) in [7, 11) is 2.01. The summed E-state index contributed by atoms with van der Waals surface area (Å²) in [5.74, 6) is 0.637. The van der Waals surface area contributed by atoms with Gasteiger partial charge in [0.15, 0.2) is 5.82 Å². The molecule has 1 aliphatic heterocycles. The maximum absolute atomic E-state index is 5.98. The van der Waals surface area contributed by atoms with E-state index in [2.05, 4.69) is 33.1 Å². The summed E-state index contributed by atoms with van der Waals surface area (Å²) in [6.07, 6.45) is 5.01. The zero-order valence-electron chi connectivity index (χ0n) is 11.3. The van der Waals surface area contributed by atoms with Crippen molar-refractivity contribution in [1.29, 1.82) is 0 Å². The van der Waals surface area contributed by atoms with Crippen LogP contribution in [0.2, 0.25) is 0 Å². The van der Waals surface area contributed by atoms with E-state index in [1.807, 2.05) is 31.3 Å². The molecule has 1 unspecified atom stereocenters. The van der Waals surface area contributed by atoms with E-state index in [1.54, 1.807) is 0 Å². The molecule has 1 aromatic carbocycles. The summed E-state index contributed by atoms with van der Waals surface area (Å²) >= 11 is 0. The zero-order valence-corrected chi connectivity index (χ0v) is 11.3. The molecule has 20 heavy (non-hydrogen) atoms. The van der Waals surface area contributed by atoms with Gasteiger partial charge in [-0.1, -0.05) is 36.4 Å². The van der Waals surface area contributed by atoms with Crippen molar-refractivity contribution in [1.82, 2.24) is 9.97 Å². The fourth-order valence-corrected chi connectivity index (χ4v) is 2.54. The fourth-order valence-electron chi connectivity index (χ4n) is 2.54. The Labute approximate surface area is 117 Å². The second kappa shape index (κ2) is 4.85. The summed E-state index contributed by atoms with van der Waals surface area (Å²) < 4.78 is 0. The van der Waals surface area contributed by atoms with Gasteiger partial charge in [0, 0.05) is 7.05 Å². The second-order valence-electron chi connectivity index (χ2n) is 4.93. The van der Waals surface area contributed by atoms with E-state index in [9.17, 15) is 0 Å². The minimum Gasteiger partial charge on any atom is -0.382 e. The van der Waals surface area contributed by atoms with Crippen molar-refractivity contribution in [3.05, 3.63) is 47.7 Å². The Morgan fingerprint density at radius 2 is 1.90 bits per heavy atom. The number of hydrogen-bond acceptors (Lipinski definition) is 5. The molecule has 2 heterocycles. The molecule has 0 saturated heterocycles. The lowest BCUT2D eigenvalue weighted by atomic mass is 10.0. The molecule has 0 aliphatic carbocycles. The fraction of sp³-hybridized carbons (Fsp3) is 0.200. The van der Waals surface area contributed by atoms with Crippen molar-refractivity contribution in [3.63, 3.8) is 0 Å². The topological polar surface area (TPSA) is 81.1 Å². The molecule has 5 nitrogen and oxygen atoms in total. The van der Waals surface area contributed by atoms with E-state index in [0.717, 1.165) is 17.8 Å². The molecule has 0 saturated carbocycles. The Morgan fingerprint density at radius 1 is 1.15 bits per heavy atom. The van der Waals surface area contributed by atoms with Crippen LogP contribution >= 0.6 is 0 Å². The Morgan fingerprint density at radius 3 is 2.65 bits per heavy atom. The van der Waals surface area contributed by atoms with Crippen LogP contribution in [0.5, 0.6) is 0 Å². The Balaban J connectivity index is 1.92. The summed E-state index contributed by atoms with van der Waals surface area (Å²) in [5, 5.41) is 0. The summed E-state index contributed by atoms with van der Waals surface area (Å²) in [6, 6.07) is 10.6. The van der Waals surface area contributed by atoms with Gasteiger partial charge < -0.3 is 16.4 Å². The van der Waals surface area contributed by atoms with Crippen LogP contribution in [0.4, 0.5) is 17.5 Å². The average molecular weight is 267 g/mol. The second-order valence-corrected chi connectivity index (χ2v) is 4.93. The van der Waals surface area contributed by atoms with E-state index in [-0.39, 0.29) is 12.0 Å². The molecule has 0 spiro atoms. The van der Waals surface area contributed by atoms with Crippen LogP contribution in [-0.2, 0) is 6.42 Å². The number of anilines is 3. The van der Waals surface area contributed by atoms with E-state index >= 15 is 0 Å².